The van der Waals surface area contributed by atoms with Crippen LogP contribution in [0.1, 0.15) is 10.4 Å². The molecule has 0 aromatic heterocycles. The van der Waals surface area contributed by atoms with Crippen molar-refractivity contribution in [2.24, 2.45) is 0 Å². The molecule has 0 saturated carbocycles. The third-order valence-electron chi connectivity index (χ3n) is 3.52. The Balaban J connectivity index is 2.10. The van der Waals surface area contributed by atoms with E-state index in [1.54, 1.807) is 43.5 Å². The fourth-order valence-electron chi connectivity index (χ4n) is 2.26. The first kappa shape index (κ1) is 18.9. The molecular weight excluding hydrogens is 338 g/mol. The molecule has 0 fully saturated rings. The summed E-state index contributed by atoms with van der Waals surface area (Å²) in [5.74, 6) is 1.34. The molecule has 1 amide bonds. The van der Waals surface area contributed by atoms with Crippen molar-refractivity contribution in [1.29, 1.82) is 5.41 Å². The van der Waals surface area contributed by atoms with Crippen molar-refractivity contribution in [1.82, 2.24) is 5.32 Å². The molecule has 0 unspecified atom stereocenters. The van der Waals surface area contributed by atoms with E-state index in [-0.39, 0.29) is 5.96 Å². The predicted molar refractivity (Wildman–Crippen MR) is 97.9 cm³/mol. The summed E-state index contributed by atoms with van der Waals surface area (Å²) < 4.78 is 20.8. The molecule has 8 heteroatoms. The van der Waals surface area contributed by atoms with Gasteiger partial charge < -0.3 is 24.3 Å². The number of hydrogen-bond donors (Lipinski definition) is 3. The summed E-state index contributed by atoms with van der Waals surface area (Å²) in [6.45, 7) is 0. The van der Waals surface area contributed by atoms with Gasteiger partial charge in [0.2, 0.25) is 5.75 Å². The number of benzene rings is 2. The molecule has 8 nitrogen and oxygen atoms in total. The third-order valence-corrected chi connectivity index (χ3v) is 3.52. The maximum atomic E-state index is 12.2. The Morgan fingerprint density at radius 1 is 0.885 bits per heavy atom. The number of nitrogens with one attached hydrogen (secondary N) is 3. The van der Waals surface area contributed by atoms with Crippen molar-refractivity contribution in [3.63, 3.8) is 0 Å². The number of rotatable bonds is 6. The minimum atomic E-state index is -0.419. The van der Waals surface area contributed by atoms with E-state index in [1.807, 2.05) is 0 Å². The van der Waals surface area contributed by atoms with E-state index in [4.69, 9.17) is 24.4 Å². The number of anilines is 1. The number of carbonyl (C=O) groups is 1. The van der Waals surface area contributed by atoms with Gasteiger partial charge in [0.05, 0.1) is 28.4 Å². The second-order valence-corrected chi connectivity index (χ2v) is 5.10. The van der Waals surface area contributed by atoms with Crippen LogP contribution in [-0.2, 0) is 0 Å². The van der Waals surface area contributed by atoms with Gasteiger partial charge in [-0.1, -0.05) is 0 Å². The standard InChI is InChI=1S/C18H21N3O5/c1-23-13-7-5-11(6-8-13)17(22)21-18(19)20-12-9-14(24-2)16(26-4)15(10-12)25-3/h5-10H,1-4H3,(H3,19,20,21,22). The Morgan fingerprint density at radius 2 is 1.46 bits per heavy atom. The van der Waals surface area contributed by atoms with Crippen LogP contribution in [0.2, 0.25) is 0 Å². The topological polar surface area (TPSA) is 102 Å². The average molecular weight is 359 g/mol. The normalized spacial score (nSPS) is 9.85. The number of ether oxygens (including phenoxy) is 4. The summed E-state index contributed by atoms with van der Waals surface area (Å²) in [4.78, 5) is 12.2. The van der Waals surface area contributed by atoms with Crippen LogP contribution in [0.15, 0.2) is 36.4 Å². The Hall–Kier alpha value is -3.42. The molecule has 26 heavy (non-hydrogen) atoms. The van der Waals surface area contributed by atoms with Gasteiger partial charge >= 0.3 is 0 Å². The summed E-state index contributed by atoms with van der Waals surface area (Å²) in [6.07, 6.45) is 0. The number of methoxy groups -OCH3 is 4. The lowest BCUT2D eigenvalue weighted by molar-refractivity contribution is 0.0977. The van der Waals surface area contributed by atoms with Crippen LogP contribution in [0.25, 0.3) is 0 Å². The summed E-state index contributed by atoms with van der Waals surface area (Å²) in [5, 5.41) is 13.2. The zero-order valence-corrected chi connectivity index (χ0v) is 15.0. The SMILES string of the molecule is COc1ccc(C(=O)NC(=N)Nc2cc(OC)c(OC)c(OC)c2)cc1. The number of hydrogen-bond acceptors (Lipinski definition) is 6. The maximum absolute atomic E-state index is 12.2. The van der Waals surface area contributed by atoms with Crippen LogP contribution in [-0.4, -0.2) is 40.3 Å². The molecule has 0 aliphatic heterocycles. The van der Waals surface area contributed by atoms with Gasteiger partial charge in [0, 0.05) is 23.4 Å². The molecule has 0 radical (unpaired) electrons. The highest BCUT2D eigenvalue weighted by molar-refractivity contribution is 6.09. The molecule has 0 bridgehead atoms. The van der Waals surface area contributed by atoms with Crippen LogP contribution in [0, 0.1) is 5.41 Å². The zero-order chi connectivity index (χ0) is 19.1. The second kappa shape index (κ2) is 8.61. The maximum Gasteiger partial charge on any atom is 0.257 e. The van der Waals surface area contributed by atoms with Crippen LogP contribution in [0.4, 0.5) is 5.69 Å². The molecule has 0 spiro atoms. The van der Waals surface area contributed by atoms with Gasteiger partial charge in [-0.25, -0.2) is 0 Å². The van der Waals surface area contributed by atoms with Gasteiger partial charge in [-0.05, 0) is 24.3 Å². The van der Waals surface area contributed by atoms with Crippen molar-refractivity contribution < 1.29 is 23.7 Å². The highest BCUT2D eigenvalue weighted by Gasteiger charge is 2.14. The molecule has 2 rings (SSSR count). The Bertz CT molecular complexity index is 765. The van der Waals surface area contributed by atoms with Crippen molar-refractivity contribution in [3.8, 4) is 23.0 Å². The molecule has 0 aliphatic carbocycles. The number of guanidine groups is 1. The Morgan fingerprint density at radius 3 is 1.92 bits per heavy atom. The summed E-state index contributed by atoms with van der Waals surface area (Å²) in [5.41, 5.74) is 0.904. The van der Waals surface area contributed by atoms with Gasteiger partial charge in [-0.3, -0.25) is 15.5 Å². The monoisotopic (exact) mass is 359 g/mol. The van der Waals surface area contributed by atoms with Crippen LogP contribution >= 0.6 is 0 Å². The quantitative estimate of drug-likeness (QED) is 0.541. The van der Waals surface area contributed by atoms with Crippen molar-refractivity contribution in [2.45, 2.75) is 0 Å². The number of carbonyl (C=O) groups excluding carboxylic acids is 1. The van der Waals surface area contributed by atoms with E-state index in [2.05, 4.69) is 10.6 Å². The van der Waals surface area contributed by atoms with Crippen LogP contribution in [0.3, 0.4) is 0 Å². The lowest BCUT2D eigenvalue weighted by Gasteiger charge is -2.15. The average Bonchev–Trinajstić information content (AvgIpc) is 2.66. The number of amides is 1. The van der Waals surface area contributed by atoms with Gasteiger partial charge in [0.15, 0.2) is 17.5 Å². The molecule has 2 aromatic rings. The molecular formula is C18H21N3O5. The van der Waals surface area contributed by atoms with E-state index in [0.29, 0.717) is 34.2 Å². The Kier molecular flexibility index (Phi) is 6.26. The van der Waals surface area contributed by atoms with Gasteiger partial charge in [-0.2, -0.15) is 0 Å². The summed E-state index contributed by atoms with van der Waals surface area (Å²) >= 11 is 0. The molecule has 138 valence electrons. The van der Waals surface area contributed by atoms with Crippen molar-refractivity contribution >= 4 is 17.6 Å². The molecule has 0 atom stereocenters. The van der Waals surface area contributed by atoms with E-state index in [1.165, 1.54) is 21.3 Å². The molecule has 0 aliphatic rings. The minimum Gasteiger partial charge on any atom is -0.497 e. The van der Waals surface area contributed by atoms with E-state index in [0.717, 1.165) is 0 Å². The zero-order valence-electron chi connectivity index (χ0n) is 15.0. The smallest absolute Gasteiger partial charge is 0.257 e. The van der Waals surface area contributed by atoms with E-state index in [9.17, 15) is 4.79 Å². The third kappa shape index (κ3) is 4.35. The molecule has 0 saturated heterocycles. The highest BCUT2D eigenvalue weighted by Crippen LogP contribution is 2.39. The molecule has 3 N–H and O–H groups in total. The fourth-order valence-corrected chi connectivity index (χ4v) is 2.26. The molecule has 2 aromatic carbocycles. The van der Waals surface area contributed by atoms with Gasteiger partial charge in [-0.15, -0.1) is 0 Å². The summed E-state index contributed by atoms with van der Waals surface area (Å²) in [7, 11) is 6.05. The van der Waals surface area contributed by atoms with Crippen molar-refractivity contribution in [2.75, 3.05) is 33.8 Å². The Labute approximate surface area is 151 Å². The first-order valence-corrected chi connectivity index (χ1v) is 7.63. The van der Waals surface area contributed by atoms with Crippen LogP contribution in [0.5, 0.6) is 23.0 Å². The first-order chi connectivity index (χ1) is 12.5. The summed E-state index contributed by atoms with van der Waals surface area (Å²) in [6, 6.07) is 9.84. The van der Waals surface area contributed by atoms with Crippen LogP contribution < -0.4 is 29.6 Å². The first-order valence-electron chi connectivity index (χ1n) is 7.63. The van der Waals surface area contributed by atoms with Crippen molar-refractivity contribution in [3.05, 3.63) is 42.0 Å². The van der Waals surface area contributed by atoms with E-state index < -0.39 is 5.91 Å². The largest absolute Gasteiger partial charge is 0.497 e. The molecule has 0 heterocycles. The van der Waals surface area contributed by atoms with E-state index >= 15 is 0 Å². The minimum absolute atomic E-state index is 0.194. The fraction of sp³-hybridized carbons (Fsp3) is 0.222. The highest BCUT2D eigenvalue weighted by atomic mass is 16.5. The van der Waals surface area contributed by atoms with Gasteiger partial charge in [0.25, 0.3) is 5.91 Å². The predicted octanol–water partition coefficient (Wildman–Crippen LogP) is 2.50. The second-order valence-electron chi connectivity index (χ2n) is 5.10. The lowest BCUT2D eigenvalue weighted by atomic mass is 10.2. The van der Waals surface area contributed by atoms with Gasteiger partial charge in [0.1, 0.15) is 5.75 Å². The lowest BCUT2D eigenvalue weighted by Crippen LogP contribution is -2.35.